The molecule has 1 fully saturated rings. The summed E-state index contributed by atoms with van der Waals surface area (Å²) < 4.78 is 50.2. The zero-order valence-corrected chi connectivity index (χ0v) is 17.9. The molecule has 0 saturated carbocycles. The molecule has 9 heteroatoms. The smallest absolute Gasteiger partial charge is 0.235 e. The van der Waals surface area contributed by atoms with Crippen molar-refractivity contribution in [1.82, 2.24) is 14.2 Å². The quantitative estimate of drug-likeness (QED) is 0.527. The Hall–Kier alpha value is -2.23. The molecular weight excluding hydrogens is 444 g/mol. The summed E-state index contributed by atoms with van der Waals surface area (Å²) in [5.41, 5.74) is 2.39. The lowest BCUT2D eigenvalue weighted by Crippen LogP contribution is -2.60. The normalized spacial score (nSPS) is 16.8. The second kappa shape index (κ2) is 9.50. The van der Waals surface area contributed by atoms with Crippen molar-refractivity contribution < 1.29 is 17.5 Å². The Morgan fingerprint density at radius 3 is 2.23 bits per heavy atom. The van der Waals surface area contributed by atoms with E-state index >= 15 is 0 Å². The van der Waals surface area contributed by atoms with Gasteiger partial charge in [-0.1, -0.05) is 23.7 Å². The first-order valence-corrected chi connectivity index (χ1v) is 11.1. The maximum absolute atomic E-state index is 13.5. The van der Waals surface area contributed by atoms with Gasteiger partial charge in [0.25, 0.3) is 0 Å². The monoisotopic (exact) mass is 463 g/mol. The Morgan fingerprint density at radius 2 is 1.65 bits per heavy atom. The van der Waals surface area contributed by atoms with Crippen molar-refractivity contribution in [2.24, 2.45) is 0 Å². The highest BCUT2D eigenvalue weighted by Gasteiger charge is 2.39. The van der Waals surface area contributed by atoms with Crippen molar-refractivity contribution >= 4 is 22.9 Å². The Balaban J connectivity index is 1.53. The zero-order chi connectivity index (χ0) is 22.0. The molecule has 5 nitrogen and oxygen atoms in total. The molecule has 3 aromatic rings. The fourth-order valence-electron chi connectivity index (χ4n) is 3.88. The first-order chi connectivity index (χ1) is 14.9. The van der Waals surface area contributed by atoms with Crippen LogP contribution in [0.25, 0.3) is 0 Å². The number of aromatic nitrogens is 1. The molecule has 2 heterocycles. The molecule has 31 heavy (non-hydrogen) atoms. The van der Waals surface area contributed by atoms with Crippen LogP contribution >= 0.6 is 11.6 Å². The molecule has 1 aliphatic heterocycles. The van der Waals surface area contributed by atoms with E-state index in [4.69, 9.17) is 11.6 Å². The van der Waals surface area contributed by atoms with Gasteiger partial charge >= 0.3 is 0 Å². The third-order valence-electron chi connectivity index (χ3n) is 5.33. The number of rotatable bonds is 7. The van der Waals surface area contributed by atoms with Crippen LogP contribution in [0.15, 0.2) is 67.0 Å². The van der Waals surface area contributed by atoms with Gasteiger partial charge in [-0.25, -0.2) is 13.0 Å². The van der Waals surface area contributed by atoms with Gasteiger partial charge in [-0.3, -0.25) is 14.4 Å². The molecule has 0 aliphatic carbocycles. The van der Waals surface area contributed by atoms with Crippen molar-refractivity contribution in [2.45, 2.75) is 18.6 Å². The van der Waals surface area contributed by atoms with Crippen LogP contribution in [0.5, 0.6) is 0 Å². The molecule has 0 radical (unpaired) electrons. The van der Waals surface area contributed by atoms with Gasteiger partial charge in [0.05, 0.1) is 12.1 Å². The largest absolute Gasteiger partial charge is 0.294 e. The van der Waals surface area contributed by atoms with Gasteiger partial charge < -0.3 is 0 Å². The van der Waals surface area contributed by atoms with Crippen LogP contribution < -0.4 is 0 Å². The highest BCUT2D eigenvalue weighted by atomic mass is 35.5. The number of likely N-dealkylation sites (tertiary alicyclic amines) is 1. The molecule has 2 aromatic carbocycles. The van der Waals surface area contributed by atoms with Gasteiger partial charge in [0.1, 0.15) is 11.6 Å². The van der Waals surface area contributed by atoms with E-state index in [0.29, 0.717) is 23.7 Å². The van der Waals surface area contributed by atoms with Crippen LogP contribution in [0, 0.1) is 11.6 Å². The molecule has 0 spiro atoms. The molecule has 1 N–H and O–H groups in total. The summed E-state index contributed by atoms with van der Waals surface area (Å²) in [5, 5.41) is 0.642. The molecule has 0 amide bonds. The van der Waals surface area contributed by atoms with E-state index in [1.165, 1.54) is 16.4 Å². The van der Waals surface area contributed by atoms with Gasteiger partial charge in [0.15, 0.2) is 0 Å². The highest BCUT2D eigenvalue weighted by Crippen LogP contribution is 2.34. The van der Waals surface area contributed by atoms with Gasteiger partial charge in [-0.2, -0.15) is 4.31 Å². The molecule has 2 atom stereocenters. The maximum Gasteiger partial charge on any atom is 0.235 e. The van der Waals surface area contributed by atoms with Crippen LogP contribution in [-0.4, -0.2) is 42.1 Å². The fourth-order valence-corrected chi connectivity index (χ4v) is 4.65. The number of benzene rings is 2. The molecule has 1 unspecified atom stereocenters. The number of hydrogen-bond acceptors (Lipinski definition) is 3. The van der Waals surface area contributed by atoms with Crippen molar-refractivity contribution in [1.29, 1.82) is 0 Å². The van der Waals surface area contributed by atoms with Crippen LogP contribution in [0.2, 0.25) is 5.02 Å². The summed E-state index contributed by atoms with van der Waals surface area (Å²) in [5.74, 6) is -1.43. The summed E-state index contributed by atoms with van der Waals surface area (Å²) in [4.78, 5) is 6.26. The van der Waals surface area contributed by atoms with Crippen molar-refractivity contribution in [3.63, 3.8) is 0 Å². The van der Waals surface area contributed by atoms with Crippen molar-refractivity contribution in [2.75, 3.05) is 13.1 Å². The summed E-state index contributed by atoms with van der Waals surface area (Å²) in [6.07, 6.45) is 3.45. The van der Waals surface area contributed by atoms with E-state index in [0.717, 1.165) is 17.2 Å². The molecule has 4 rings (SSSR count). The topological polar surface area (TPSA) is 56.7 Å². The third kappa shape index (κ3) is 5.16. The van der Waals surface area contributed by atoms with E-state index in [1.54, 1.807) is 12.4 Å². The van der Waals surface area contributed by atoms with E-state index in [9.17, 15) is 17.5 Å². The van der Waals surface area contributed by atoms with Crippen LogP contribution in [-0.2, 0) is 17.8 Å². The lowest BCUT2D eigenvalue weighted by atomic mass is 9.93. The average molecular weight is 464 g/mol. The number of hydrogen-bond donors (Lipinski definition) is 1. The van der Waals surface area contributed by atoms with E-state index in [1.807, 2.05) is 36.4 Å². The van der Waals surface area contributed by atoms with Crippen LogP contribution in [0.3, 0.4) is 0 Å². The number of halogens is 3. The highest BCUT2D eigenvalue weighted by molar-refractivity contribution is 7.76. The Kier molecular flexibility index (Phi) is 6.74. The lowest BCUT2D eigenvalue weighted by Gasteiger charge is -2.47. The van der Waals surface area contributed by atoms with Gasteiger partial charge in [0.2, 0.25) is 11.3 Å². The maximum atomic E-state index is 13.5. The molecule has 1 aliphatic rings. The van der Waals surface area contributed by atoms with Crippen LogP contribution in [0.4, 0.5) is 8.78 Å². The predicted octanol–water partition coefficient (Wildman–Crippen LogP) is 4.43. The molecule has 1 aromatic heterocycles. The van der Waals surface area contributed by atoms with E-state index in [-0.39, 0.29) is 18.6 Å². The average Bonchev–Trinajstić information content (AvgIpc) is 2.70. The van der Waals surface area contributed by atoms with Gasteiger partial charge in [-0.15, -0.1) is 0 Å². The molecule has 0 bridgehead atoms. The van der Waals surface area contributed by atoms with Crippen molar-refractivity contribution in [3.8, 4) is 0 Å². The minimum atomic E-state index is -2.28. The van der Waals surface area contributed by atoms with E-state index < -0.39 is 22.9 Å². The van der Waals surface area contributed by atoms with Gasteiger partial charge in [0, 0.05) is 43.1 Å². The summed E-state index contributed by atoms with van der Waals surface area (Å²) in [6.45, 7) is 0.997. The molecular formula is C22H20ClF2N3O2S. The Morgan fingerprint density at radius 1 is 1.06 bits per heavy atom. The summed E-state index contributed by atoms with van der Waals surface area (Å²) in [6, 6.07) is 14.3. The first kappa shape index (κ1) is 22.0. The Bertz CT molecular complexity index is 1050. The van der Waals surface area contributed by atoms with Crippen molar-refractivity contribution in [3.05, 3.63) is 100 Å². The molecule has 1 saturated heterocycles. The fraction of sp³-hybridized carbons (Fsp3) is 0.227. The second-order valence-electron chi connectivity index (χ2n) is 7.43. The SMILES string of the molecule is O=S(O)N(Cc1cc(F)cc(F)c1)C1CN([C@H](c2ccncc2)c2ccc(Cl)cc2)C1. The molecule has 162 valence electrons. The number of nitrogens with zero attached hydrogens (tertiary/aromatic N) is 3. The standard InChI is InChI=1S/C22H20ClF2N3O2S/c23-18-3-1-16(2-4-18)22(17-5-7-26-8-6-17)27-13-21(14-27)28(31(29)30)12-15-9-19(24)11-20(25)10-15/h1-11,21-22H,12-14H2,(H,29,30)/t22-/m0/s1. The Labute approximate surface area is 186 Å². The third-order valence-corrected chi connectivity index (χ3v) is 6.41. The van der Waals surface area contributed by atoms with Gasteiger partial charge in [-0.05, 0) is 53.1 Å². The minimum Gasteiger partial charge on any atom is -0.294 e. The van der Waals surface area contributed by atoms with E-state index in [2.05, 4.69) is 9.88 Å². The second-order valence-corrected chi connectivity index (χ2v) is 8.79. The lowest BCUT2D eigenvalue weighted by molar-refractivity contribution is 0.0497. The summed E-state index contributed by atoms with van der Waals surface area (Å²) >= 11 is 3.76. The zero-order valence-electron chi connectivity index (χ0n) is 16.4. The van der Waals surface area contributed by atoms with Crippen LogP contribution in [0.1, 0.15) is 22.7 Å². The summed E-state index contributed by atoms with van der Waals surface area (Å²) in [7, 11) is 0. The predicted molar refractivity (Wildman–Crippen MR) is 116 cm³/mol. The first-order valence-electron chi connectivity index (χ1n) is 9.63. The number of pyridine rings is 1. The minimum absolute atomic E-state index is 0.0306.